The van der Waals surface area contributed by atoms with Crippen LogP contribution < -0.4 is 5.30 Å². The van der Waals surface area contributed by atoms with Crippen molar-refractivity contribution in [1.29, 1.82) is 0 Å². The second-order valence-corrected chi connectivity index (χ2v) is 6.17. The minimum absolute atomic E-state index is 0.253. The van der Waals surface area contributed by atoms with Gasteiger partial charge in [0.25, 0.3) is 0 Å². The molecule has 2 aromatic rings. The van der Waals surface area contributed by atoms with E-state index in [0.717, 1.165) is 12.0 Å². The molecule has 104 valence electrons. The lowest BCUT2D eigenvalue weighted by molar-refractivity contribution is 0.0488. The van der Waals surface area contributed by atoms with Crippen molar-refractivity contribution in [2.75, 3.05) is 0 Å². The van der Waals surface area contributed by atoms with Crippen LogP contribution in [0.1, 0.15) is 35.3 Å². The maximum Gasteiger partial charge on any atom is 0.193 e. The van der Waals surface area contributed by atoms with Gasteiger partial charge in [-0.3, -0.25) is 4.79 Å². The molecule has 20 heavy (non-hydrogen) atoms. The number of aliphatic hydroxyl groups is 1. The van der Waals surface area contributed by atoms with Crippen molar-refractivity contribution in [1.82, 2.24) is 0 Å². The zero-order valence-corrected chi connectivity index (χ0v) is 12.9. The van der Waals surface area contributed by atoms with Gasteiger partial charge in [-0.2, -0.15) is 0 Å². The molecule has 2 aromatic carbocycles. The van der Waals surface area contributed by atoms with Crippen LogP contribution in [-0.2, 0) is 6.42 Å². The Morgan fingerprint density at radius 2 is 1.45 bits per heavy atom. The summed E-state index contributed by atoms with van der Waals surface area (Å²) in [5, 5.41) is 10.9. The number of carbonyl (C=O) groups excluding carboxylic acids is 1. The molecule has 2 nitrogen and oxygen atoms in total. The summed E-state index contributed by atoms with van der Waals surface area (Å²) in [5.41, 5.74) is 1.60. The highest BCUT2D eigenvalue weighted by Crippen LogP contribution is 2.15. The highest BCUT2D eigenvalue weighted by molar-refractivity contribution is 7.27. The molecule has 0 amide bonds. The minimum Gasteiger partial charge on any atom is -0.382 e. The summed E-state index contributed by atoms with van der Waals surface area (Å²) in [4.78, 5) is 11.9. The van der Waals surface area contributed by atoms with Crippen LogP contribution in [0.25, 0.3) is 0 Å². The first-order valence-electron chi connectivity index (χ1n) is 6.57. The zero-order chi connectivity index (χ0) is 14.8. The Hall–Kier alpha value is -1.50. The van der Waals surface area contributed by atoms with Crippen LogP contribution in [0.15, 0.2) is 48.5 Å². The van der Waals surface area contributed by atoms with Gasteiger partial charge in [-0.15, -0.1) is 9.24 Å². The molecule has 0 saturated heterocycles. The van der Waals surface area contributed by atoms with Crippen LogP contribution in [0.2, 0.25) is 0 Å². The minimum atomic E-state index is -1.32. The van der Waals surface area contributed by atoms with E-state index in [9.17, 15) is 9.90 Å². The van der Waals surface area contributed by atoms with Gasteiger partial charge in [-0.25, -0.2) is 0 Å². The summed E-state index contributed by atoms with van der Waals surface area (Å²) in [6.45, 7) is 3.01. The average molecular weight is 286 g/mol. The smallest absolute Gasteiger partial charge is 0.193 e. The van der Waals surface area contributed by atoms with Crippen LogP contribution in [0, 0.1) is 0 Å². The molecule has 0 bridgehead atoms. The van der Waals surface area contributed by atoms with Gasteiger partial charge in [0.15, 0.2) is 5.78 Å². The van der Waals surface area contributed by atoms with E-state index in [1.807, 2.05) is 12.1 Å². The normalized spacial score (nSPS) is 11.4. The molecule has 3 heteroatoms. The molecule has 0 aliphatic rings. The molecule has 2 rings (SSSR count). The summed E-state index contributed by atoms with van der Waals surface area (Å²) in [6, 6.07) is 15.7. The van der Waals surface area contributed by atoms with Crippen LogP contribution in [0.3, 0.4) is 0 Å². The summed E-state index contributed by atoms with van der Waals surface area (Å²) in [6.07, 6.45) is 0.835. The van der Waals surface area contributed by atoms with Gasteiger partial charge in [-0.05, 0) is 36.7 Å². The fraction of sp³-hybridized carbons (Fsp3) is 0.235. The molecule has 0 aromatic heterocycles. The SMILES string of the molecule is CC(C)(O)C(=O)c1ccc(Cc2ccc(P)cc2)cc1. The molecule has 1 N–H and O–H groups in total. The third kappa shape index (κ3) is 3.75. The van der Waals surface area contributed by atoms with E-state index < -0.39 is 5.60 Å². The fourth-order valence-electron chi connectivity index (χ4n) is 2.00. The first-order valence-corrected chi connectivity index (χ1v) is 7.14. The van der Waals surface area contributed by atoms with Crippen molar-refractivity contribution < 1.29 is 9.90 Å². The van der Waals surface area contributed by atoms with Crippen molar-refractivity contribution in [3.63, 3.8) is 0 Å². The van der Waals surface area contributed by atoms with Gasteiger partial charge >= 0.3 is 0 Å². The topological polar surface area (TPSA) is 37.3 Å². The Bertz CT molecular complexity index is 592. The van der Waals surface area contributed by atoms with Gasteiger partial charge in [0.05, 0.1) is 0 Å². The van der Waals surface area contributed by atoms with Crippen LogP contribution >= 0.6 is 9.24 Å². The molecule has 0 heterocycles. The van der Waals surface area contributed by atoms with E-state index in [1.165, 1.54) is 24.7 Å². The number of rotatable bonds is 4. The number of hydrogen-bond donors (Lipinski definition) is 1. The van der Waals surface area contributed by atoms with Crippen LogP contribution in [0.5, 0.6) is 0 Å². The van der Waals surface area contributed by atoms with E-state index >= 15 is 0 Å². The predicted octanol–water partition coefficient (Wildman–Crippen LogP) is 2.73. The number of benzene rings is 2. The Morgan fingerprint density at radius 3 is 1.90 bits per heavy atom. The Kier molecular flexibility index (Phi) is 4.37. The maximum absolute atomic E-state index is 11.9. The summed E-state index contributed by atoms with van der Waals surface area (Å²) in [7, 11) is 2.67. The molecule has 0 fully saturated rings. The Labute approximate surface area is 122 Å². The molecule has 0 aliphatic heterocycles. The summed E-state index contributed by atoms with van der Waals surface area (Å²) < 4.78 is 0. The number of ketones is 1. The number of hydrogen-bond acceptors (Lipinski definition) is 2. The van der Waals surface area contributed by atoms with Gasteiger partial charge < -0.3 is 5.11 Å². The molecule has 0 aliphatic carbocycles. The monoisotopic (exact) mass is 286 g/mol. The summed E-state index contributed by atoms with van der Waals surface area (Å²) in [5.74, 6) is -0.253. The molecule has 1 unspecified atom stereocenters. The second-order valence-electron chi connectivity index (χ2n) is 5.50. The zero-order valence-electron chi connectivity index (χ0n) is 11.8. The van der Waals surface area contributed by atoms with Crippen LogP contribution in [0.4, 0.5) is 0 Å². The van der Waals surface area contributed by atoms with Crippen molar-refractivity contribution in [3.05, 3.63) is 65.2 Å². The molecule has 0 radical (unpaired) electrons. The lowest BCUT2D eigenvalue weighted by Gasteiger charge is -2.15. The largest absolute Gasteiger partial charge is 0.382 e. The summed E-state index contributed by atoms with van der Waals surface area (Å²) >= 11 is 0. The third-order valence-electron chi connectivity index (χ3n) is 3.16. The van der Waals surface area contributed by atoms with E-state index in [1.54, 1.807) is 12.1 Å². The van der Waals surface area contributed by atoms with Gasteiger partial charge in [0, 0.05) is 5.56 Å². The Morgan fingerprint density at radius 1 is 1.00 bits per heavy atom. The van der Waals surface area contributed by atoms with Crippen LogP contribution in [-0.4, -0.2) is 16.5 Å². The second kappa shape index (κ2) is 5.87. The predicted molar refractivity (Wildman–Crippen MR) is 85.7 cm³/mol. The lowest BCUT2D eigenvalue weighted by atomic mass is 9.95. The maximum atomic E-state index is 11.9. The lowest BCUT2D eigenvalue weighted by Crippen LogP contribution is -2.31. The number of carbonyl (C=O) groups is 1. The van der Waals surface area contributed by atoms with E-state index in [4.69, 9.17) is 0 Å². The molecular weight excluding hydrogens is 267 g/mol. The first kappa shape index (κ1) is 14.9. The number of Topliss-reactive ketones (excluding diaryl/α,β-unsaturated/α-hetero) is 1. The highest BCUT2D eigenvalue weighted by atomic mass is 31.0. The van der Waals surface area contributed by atoms with Gasteiger partial charge in [-0.1, -0.05) is 48.5 Å². The third-order valence-corrected chi connectivity index (χ3v) is 3.54. The van der Waals surface area contributed by atoms with Gasteiger partial charge in [0.1, 0.15) is 5.60 Å². The van der Waals surface area contributed by atoms with E-state index in [2.05, 4.69) is 33.5 Å². The quantitative estimate of drug-likeness (QED) is 0.693. The first-order chi connectivity index (χ1) is 9.36. The average Bonchev–Trinajstić information content (AvgIpc) is 2.40. The van der Waals surface area contributed by atoms with Crippen molar-refractivity contribution in [3.8, 4) is 0 Å². The van der Waals surface area contributed by atoms with Crippen molar-refractivity contribution in [2.24, 2.45) is 0 Å². The molecule has 0 spiro atoms. The fourth-order valence-corrected chi connectivity index (χ4v) is 2.19. The Balaban J connectivity index is 2.12. The van der Waals surface area contributed by atoms with E-state index in [0.29, 0.717) is 5.56 Å². The molecule has 0 saturated carbocycles. The highest BCUT2D eigenvalue weighted by Gasteiger charge is 2.24. The molecule has 1 atom stereocenters. The molecular formula is C17H19O2P. The van der Waals surface area contributed by atoms with Crippen molar-refractivity contribution >= 4 is 20.3 Å². The van der Waals surface area contributed by atoms with E-state index in [-0.39, 0.29) is 5.78 Å². The van der Waals surface area contributed by atoms with Gasteiger partial charge in [0.2, 0.25) is 0 Å². The standard InChI is InChI=1S/C17H19O2P/c1-17(2,19)16(18)14-7-3-12(4-8-14)11-13-5-9-15(20)10-6-13/h3-10,19H,11,20H2,1-2H3. The van der Waals surface area contributed by atoms with Crippen molar-refractivity contribution in [2.45, 2.75) is 25.9 Å².